The van der Waals surface area contributed by atoms with E-state index in [0.29, 0.717) is 4.99 Å². The maximum Gasteiger partial charge on any atom is 0.104 e. The zero-order valence-electron chi connectivity index (χ0n) is 9.77. The second-order valence-electron chi connectivity index (χ2n) is 3.75. The van der Waals surface area contributed by atoms with Crippen LogP contribution in [0.15, 0.2) is 24.3 Å². The molecule has 0 amide bonds. The fourth-order valence-electron chi connectivity index (χ4n) is 1.52. The number of nitrogens with two attached hydrogens (primary N) is 1. The van der Waals surface area contributed by atoms with Gasteiger partial charge >= 0.3 is 0 Å². The summed E-state index contributed by atoms with van der Waals surface area (Å²) in [6.07, 6.45) is 0. The summed E-state index contributed by atoms with van der Waals surface area (Å²) in [6, 6.07) is 7.97. The number of thiocarbonyl (C=S) groups is 1. The normalized spacial score (nSPS) is 10.7. The van der Waals surface area contributed by atoms with Crippen LogP contribution in [0.25, 0.3) is 0 Å². The molecule has 0 aliphatic heterocycles. The first kappa shape index (κ1) is 13.1. The predicted molar refractivity (Wildman–Crippen MR) is 70.5 cm³/mol. The van der Waals surface area contributed by atoms with Gasteiger partial charge in [0.1, 0.15) is 4.99 Å². The minimum Gasteiger partial charge on any atom is -0.389 e. The predicted octanol–water partition coefficient (Wildman–Crippen LogP) is 1.40. The summed E-state index contributed by atoms with van der Waals surface area (Å²) in [7, 11) is 3.76. The molecule has 3 nitrogen and oxygen atoms in total. The zero-order valence-corrected chi connectivity index (χ0v) is 10.6. The summed E-state index contributed by atoms with van der Waals surface area (Å²) in [5.41, 5.74) is 7.80. The maximum atomic E-state index is 5.68. The number of methoxy groups -OCH3 is 1. The minimum absolute atomic E-state index is 0.454. The van der Waals surface area contributed by atoms with Crippen LogP contribution in [0.3, 0.4) is 0 Å². The molecule has 0 radical (unpaired) electrons. The lowest BCUT2D eigenvalue weighted by atomic mass is 10.1. The Hall–Kier alpha value is -0.970. The van der Waals surface area contributed by atoms with Crippen LogP contribution in [0.2, 0.25) is 0 Å². The Bertz CT molecular complexity index is 355. The highest BCUT2D eigenvalue weighted by atomic mass is 32.1. The SMILES string of the molecule is COCCN(C)Cc1ccccc1C(N)=S. The average Bonchev–Trinajstić information content (AvgIpc) is 2.27. The van der Waals surface area contributed by atoms with Crippen molar-refractivity contribution in [2.24, 2.45) is 5.73 Å². The molecule has 1 rings (SSSR count). The molecule has 1 aromatic carbocycles. The number of rotatable bonds is 6. The van der Waals surface area contributed by atoms with E-state index in [4.69, 9.17) is 22.7 Å². The molecule has 2 N–H and O–H groups in total. The first-order valence-electron chi connectivity index (χ1n) is 5.20. The number of nitrogens with zero attached hydrogens (tertiary/aromatic N) is 1. The summed E-state index contributed by atoms with van der Waals surface area (Å²) in [4.78, 5) is 2.64. The molecule has 0 aliphatic rings. The van der Waals surface area contributed by atoms with E-state index in [2.05, 4.69) is 18.0 Å². The van der Waals surface area contributed by atoms with Crippen molar-refractivity contribution in [1.29, 1.82) is 0 Å². The summed E-state index contributed by atoms with van der Waals surface area (Å²) < 4.78 is 5.04. The Morgan fingerprint density at radius 1 is 1.44 bits per heavy atom. The van der Waals surface area contributed by atoms with Crippen LogP contribution >= 0.6 is 12.2 Å². The van der Waals surface area contributed by atoms with E-state index in [1.165, 1.54) is 0 Å². The summed E-state index contributed by atoms with van der Waals surface area (Å²) in [5.74, 6) is 0. The van der Waals surface area contributed by atoms with E-state index in [1.807, 2.05) is 18.2 Å². The number of likely N-dealkylation sites (N-methyl/N-ethyl adjacent to an activating group) is 1. The molecule has 4 heteroatoms. The van der Waals surface area contributed by atoms with E-state index in [9.17, 15) is 0 Å². The highest BCUT2D eigenvalue weighted by Crippen LogP contribution is 2.10. The molecule has 0 heterocycles. The Morgan fingerprint density at radius 3 is 2.75 bits per heavy atom. The van der Waals surface area contributed by atoms with Crippen LogP contribution in [-0.4, -0.2) is 37.2 Å². The van der Waals surface area contributed by atoms with Crippen molar-refractivity contribution < 1.29 is 4.74 Å². The van der Waals surface area contributed by atoms with Gasteiger partial charge < -0.3 is 10.5 Å². The van der Waals surface area contributed by atoms with Crippen molar-refractivity contribution in [1.82, 2.24) is 4.90 Å². The molecular weight excluding hydrogens is 220 g/mol. The number of hydrogen-bond donors (Lipinski definition) is 1. The van der Waals surface area contributed by atoms with Gasteiger partial charge in [-0.1, -0.05) is 36.5 Å². The summed E-state index contributed by atoms with van der Waals surface area (Å²) >= 11 is 5.02. The summed E-state index contributed by atoms with van der Waals surface area (Å²) in [5, 5.41) is 0. The second-order valence-corrected chi connectivity index (χ2v) is 4.19. The van der Waals surface area contributed by atoms with Crippen molar-refractivity contribution in [2.75, 3.05) is 27.3 Å². The molecule has 0 saturated carbocycles. The summed E-state index contributed by atoms with van der Waals surface area (Å²) in [6.45, 7) is 2.45. The van der Waals surface area contributed by atoms with Crippen LogP contribution in [0.1, 0.15) is 11.1 Å². The average molecular weight is 238 g/mol. The van der Waals surface area contributed by atoms with E-state index in [0.717, 1.165) is 30.8 Å². The van der Waals surface area contributed by atoms with Gasteiger partial charge in [-0.05, 0) is 12.6 Å². The van der Waals surface area contributed by atoms with Gasteiger partial charge in [-0.25, -0.2) is 0 Å². The van der Waals surface area contributed by atoms with Gasteiger partial charge in [0.15, 0.2) is 0 Å². The molecule has 0 bridgehead atoms. The minimum atomic E-state index is 0.454. The lowest BCUT2D eigenvalue weighted by molar-refractivity contribution is 0.158. The third-order valence-corrected chi connectivity index (χ3v) is 2.62. The van der Waals surface area contributed by atoms with Gasteiger partial charge in [0.25, 0.3) is 0 Å². The molecule has 0 unspecified atom stereocenters. The Balaban J connectivity index is 2.69. The van der Waals surface area contributed by atoms with Crippen LogP contribution in [0.5, 0.6) is 0 Å². The van der Waals surface area contributed by atoms with Gasteiger partial charge in [0, 0.05) is 25.8 Å². The zero-order chi connectivity index (χ0) is 12.0. The maximum absolute atomic E-state index is 5.68. The second kappa shape index (κ2) is 6.58. The first-order valence-corrected chi connectivity index (χ1v) is 5.61. The lowest BCUT2D eigenvalue weighted by Gasteiger charge is -2.17. The van der Waals surface area contributed by atoms with Crippen molar-refractivity contribution in [3.8, 4) is 0 Å². The van der Waals surface area contributed by atoms with Crippen LogP contribution < -0.4 is 5.73 Å². The number of benzene rings is 1. The number of hydrogen-bond acceptors (Lipinski definition) is 3. The highest BCUT2D eigenvalue weighted by molar-refractivity contribution is 7.80. The molecule has 0 atom stereocenters. The Morgan fingerprint density at radius 2 is 2.12 bits per heavy atom. The molecule has 0 fully saturated rings. The topological polar surface area (TPSA) is 38.5 Å². The van der Waals surface area contributed by atoms with E-state index in [-0.39, 0.29) is 0 Å². The molecule has 0 aromatic heterocycles. The van der Waals surface area contributed by atoms with Crippen molar-refractivity contribution in [3.05, 3.63) is 35.4 Å². The third-order valence-electron chi connectivity index (χ3n) is 2.40. The van der Waals surface area contributed by atoms with E-state index >= 15 is 0 Å². The molecule has 88 valence electrons. The smallest absolute Gasteiger partial charge is 0.104 e. The Kier molecular flexibility index (Phi) is 5.38. The van der Waals surface area contributed by atoms with Gasteiger partial charge in [0.2, 0.25) is 0 Å². The monoisotopic (exact) mass is 238 g/mol. The number of ether oxygens (including phenoxy) is 1. The quantitative estimate of drug-likeness (QED) is 0.760. The standard InChI is InChI=1S/C12H18N2OS/c1-14(7-8-15-2)9-10-5-3-4-6-11(10)12(13)16/h3-6H,7-9H2,1-2H3,(H2,13,16). The molecule has 0 saturated heterocycles. The molecule has 0 spiro atoms. The molecule has 1 aromatic rings. The van der Waals surface area contributed by atoms with Gasteiger partial charge in [-0.3, -0.25) is 4.90 Å². The van der Waals surface area contributed by atoms with Crippen LogP contribution in [-0.2, 0) is 11.3 Å². The lowest BCUT2D eigenvalue weighted by Crippen LogP contribution is -2.24. The highest BCUT2D eigenvalue weighted by Gasteiger charge is 2.06. The largest absolute Gasteiger partial charge is 0.389 e. The van der Waals surface area contributed by atoms with E-state index in [1.54, 1.807) is 7.11 Å². The van der Waals surface area contributed by atoms with Crippen molar-refractivity contribution in [2.45, 2.75) is 6.54 Å². The van der Waals surface area contributed by atoms with Crippen LogP contribution in [0.4, 0.5) is 0 Å². The van der Waals surface area contributed by atoms with E-state index < -0.39 is 0 Å². The molecule has 16 heavy (non-hydrogen) atoms. The molecular formula is C12H18N2OS. The van der Waals surface area contributed by atoms with Gasteiger partial charge in [0.05, 0.1) is 6.61 Å². The van der Waals surface area contributed by atoms with Crippen LogP contribution in [0, 0.1) is 0 Å². The van der Waals surface area contributed by atoms with Crippen molar-refractivity contribution in [3.63, 3.8) is 0 Å². The third kappa shape index (κ3) is 3.89. The van der Waals surface area contributed by atoms with Gasteiger partial charge in [-0.2, -0.15) is 0 Å². The fourth-order valence-corrected chi connectivity index (χ4v) is 1.71. The Labute approximate surface area is 102 Å². The fraction of sp³-hybridized carbons (Fsp3) is 0.417. The van der Waals surface area contributed by atoms with Gasteiger partial charge in [-0.15, -0.1) is 0 Å². The first-order chi connectivity index (χ1) is 7.65. The molecule has 0 aliphatic carbocycles. The van der Waals surface area contributed by atoms with Crippen molar-refractivity contribution >= 4 is 17.2 Å².